The molecule has 1 N–H and O–H groups in total. The van der Waals surface area contributed by atoms with Crippen LogP contribution < -0.4 is 5.32 Å². The minimum absolute atomic E-state index is 0.0440. The number of amides is 1. The smallest absolute Gasteiger partial charge is 0.251 e. The fourth-order valence-electron chi connectivity index (χ4n) is 5.65. The molecule has 0 aromatic heterocycles. The summed E-state index contributed by atoms with van der Waals surface area (Å²) in [6.07, 6.45) is 14.6. The van der Waals surface area contributed by atoms with Crippen molar-refractivity contribution in [2.24, 2.45) is 0 Å². The molecule has 32 heavy (non-hydrogen) atoms. The van der Waals surface area contributed by atoms with Crippen LogP contribution in [0.15, 0.2) is 48.0 Å². The van der Waals surface area contributed by atoms with Crippen molar-refractivity contribution in [3.8, 4) is 0 Å². The van der Waals surface area contributed by atoms with Gasteiger partial charge in [0.15, 0.2) is 0 Å². The summed E-state index contributed by atoms with van der Waals surface area (Å²) in [7, 11) is 0. The van der Waals surface area contributed by atoms with Crippen LogP contribution >= 0.6 is 0 Å². The van der Waals surface area contributed by atoms with Crippen LogP contribution in [0.3, 0.4) is 0 Å². The molecule has 2 aromatic rings. The van der Waals surface area contributed by atoms with Gasteiger partial charge in [0, 0.05) is 17.8 Å². The first-order chi connectivity index (χ1) is 15.7. The molecule has 2 fully saturated rings. The van der Waals surface area contributed by atoms with E-state index in [0.717, 1.165) is 30.6 Å². The van der Waals surface area contributed by atoms with Gasteiger partial charge in [0.1, 0.15) is 0 Å². The zero-order valence-electron chi connectivity index (χ0n) is 19.2. The number of rotatable bonds is 5. The minimum atomic E-state index is 0.0440. The van der Waals surface area contributed by atoms with Gasteiger partial charge in [-0.05, 0) is 98.0 Å². The molecule has 168 valence electrons. The van der Waals surface area contributed by atoms with Crippen LogP contribution in [-0.4, -0.2) is 23.9 Å². The predicted molar refractivity (Wildman–Crippen MR) is 133 cm³/mol. The third kappa shape index (κ3) is 5.15. The maximum Gasteiger partial charge on any atom is 0.251 e. The summed E-state index contributed by atoms with van der Waals surface area (Å²) < 4.78 is 0. The normalized spacial score (nSPS) is 19.8. The molecule has 3 heteroatoms. The summed E-state index contributed by atoms with van der Waals surface area (Å²) in [5.41, 5.74) is 7.21. The van der Waals surface area contributed by atoms with Gasteiger partial charge >= 0.3 is 0 Å². The molecule has 0 atom stereocenters. The van der Waals surface area contributed by atoms with Gasteiger partial charge in [0.05, 0.1) is 0 Å². The lowest BCUT2D eigenvalue weighted by molar-refractivity contribution is -0.112. The molecule has 0 spiro atoms. The highest BCUT2D eigenvalue weighted by molar-refractivity contribution is 6.07. The molecule has 1 saturated heterocycles. The molecule has 1 aliphatic heterocycles. The molecular weight excluding hydrogens is 392 g/mol. The Morgan fingerprint density at radius 1 is 0.875 bits per heavy atom. The maximum atomic E-state index is 13.0. The van der Waals surface area contributed by atoms with Crippen LogP contribution in [0.4, 0.5) is 5.69 Å². The predicted octanol–water partition coefficient (Wildman–Crippen LogP) is 6.69. The molecule has 2 aliphatic carbocycles. The molecule has 1 amide bonds. The second-order valence-electron chi connectivity index (χ2n) is 9.95. The van der Waals surface area contributed by atoms with Gasteiger partial charge in [-0.2, -0.15) is 0 Å². The summed E-state index contributed by atoms with van der Waals surface area (Å²) in [6.45, 7) is 3.42. The van der Waals surface area contributed by atoms with Crippen molar-refractivity contribution >= 4 is 17.7 Å². The first kappa shape index (κ1) is 21.5. The van der Waals surface area contributed by atoms with Gasteiger partial charge < -0.3 is 5.32 Å². The van der Waals surface area contributed by atoms with E-state index in [1.54, 1.807) is 0 Å². The van der Waals surface area contributed by atoms with Gasteiger partial charge in [-0.15, -0.1) is 0 Å². The first-order valence-electron chi connectivity index (χ1n) is 12.7. The van der Waals surface area contributed by atoms with E-state index >= 15 is 0 Å². The third-order valence-electron chi connectivity index (χ3n) is 7.60. The van der Waals surface area contributed by atoms with E-state index in [9.17, 15) is 4.79 Å². The number of nitrogens with zero attached hydrogens (tertiary/aromatic N) is 1. The number of carbonyl (C=O) groups is 1. The molecule has 5 rings (SSSR count). The second-order valence-corrected chi connectivity index (χ2v) is 9.95. The number of anilines is 1. The van der Waals surface area contributed by atoms with Crippen molar-refractivity contribution in [3.63, 3.8) is 0 Å². The van der Waals surface area contributed by atoms with Crippen molar-refractivity contribution < 1.29 is 4.79 Å². The second kappa shape index (κ2) is 10.0. The largest absolute Gasteiger partial charge is 0.322 e. The summed E-state index contributed by atoms with van der Waals surface area (Å²) in [5, 5.41) is 3.13. The molecule has 0 unspecified atom stereocenters. The Kier molecular flexibility index (Phi) is 6.73. The number of benzene rings is 2. The number of aryl methyl sites for hydroxylation is 1. The number of piperidine rings is 1. The third-order valence-corrected chi connectivity index (χ3v) is 7.60. The summed E-state index contributed by atoms with van der Waals surface area (Å²) in [5.74, 6) is 0.743. The molecule has 3 aliphatic rings. The quantitative estimate of drug-likeness (QED) is 0.575. The highest BCUT2D eigenvalue weighted by Gasteiger charge is 2.20. The van der Waals surface area contributed by atoms with Gasteiger partial charge in [-0.1, -0.05) is 56.0 Å². The van der Waals surface area contributed by atoms with Gasteiger partial charge in [0.25, 0.3) is 5.91 Å². The number of fused-ring (bicyclic) bond motifs is 1. The Bertz CT molecular complexity index is 963. The van der Waals surface area contributed by atoms with Crippen LogP contribution in [0.5, 0.6) is 0 Å². The van der Waals surface area contributed by atoms with E-state index in [-0.39, 0.29) is 5.91 Å². The first-order valence-corrected chi connectivity index (χ1v) is 12.7. The Labute approximate surface area is 192 Å². The lowest BCUT2D eigenvalue weighted by Crippen LogP contribution is -2.29. The van der Waals surface area contributed by atoms with Gasteiger partial charge in [-0.25, -0.2) is 0 Å². The lowest BCUT2D eigenvalue weighted by atomic mass is 9.81. The van der Waals surface area contributed by atoms with E-state index in [1.165, 1.54) is 86.7 Å². The Morgan fingerprint density at radius 3 is 2.41 bits per heavy atom. The maximum absolute atomic E-state index is 13.0. The van der Waals surface area contributed by atoms with Crippen molar-refractivity contribution in [1.29, 1.82) is 0 Å². The molecule has 3 nitrogen and oxygen atoms in total. The van der Waals surface area contributed by atoms with Crippen molar-refractivity contribution in [1.82, 2.24) is 4.90 Å². The fourth-order valence-corrected chi connectivity index (χ4v) is 5.65. The number of likely N-dealkylation sites (tertiary alicyclic amines) is 1. The summed E-state index contributed by atoms with van der Waals surface area (Å²) in [4.78, 5) is 15.5. The molecule has 0 radical (unpaired) electrons. The molecule has 2 aromatic carbocycles. The van der Waals surface area contributed by atoms with Crippen LogP contribution in [0.25, 0.3) is 6.08 Å². The molecule has 1 saturated carbocycles. The topological polar surface area (TPSA) is 32.3 Å². The average Bonchev–Trinajstić information content (AvgIpc) is 2.86. The van der Waals surface area contributed by atoms with Crippen LogP contribution in [-0.2, 0) is 17.8 Å². The van der Waals surface area contributed by atoms with Gasteiger partial charge in [0.2, 0.25) is 0 Å². The van der Waals surface area contributed by atoms with E-state index in [2.05, 4.69) is 58.8 Å². The SMILES string of the molecule is O=C(Nc1ccc(CN2CCCCC2)cc1)C1=Cc2cc(C3CCCCC3)ccc2CC1. The Hall–Kier alpha value is -2.39. The number of carbonyl (C=O) groups excluding carboxylic acids is 1. The molecule has 1 heterocycles. The average molecular weight is 429 g/mol. The van der Waals surface area contributed by atoms with Crippen LogP contribution in [0.1, 0.15) is 86.0 Å². The van der Waals surface area contributed by atoms with Crippen LogP contribution in [0.2, 0.25) is 0 Å². The summed E-state index contributed by atoms with van der Waals surface area (Å²) in [6, 6.07) is 15.4. The highest BCUT2D eigenvalue weighted by atomic mass is 16.1. The van der Waals surface area contributed by atoms with E-state index < -0.39 is 0 Å². The van der Waals surface area contributed by atoms with Crippen LogP contribution in [0, 0.1) is 0 Å². The van der Waals surface area contributed by atoms with Gasteiger partial charge in [-0.3, -0.25) is 9.69 Å². The van der Waals surface area contributed by atoms with E-state index in [0.29, 0.717) is 5.92 Å². The minimum Gasteiger partial charge on any atom is -0.322 e. The molecular formula is C29H36N2O. The van der Waals surface area contributed by atoms with E-state index in [4.69, 9.17) is 0 Å². The highest BCUT2D eigenvalue weighted by Crippen LogP contribution is 2.35. The van der Waals surface area contributed by atoms with E-state index in [1.807, 2.05) is 0 Å². The summed E-state index contributed by atoms with van der Waals surface area (Å²) >= 11 is 0. The lowest BCUT2D eigenvalue weighted by Gasteiger charge is -2.26. The van der Waals surface area contributed by atoms with Crippen molar-refractivity contribution in [3.05, 3.63) is 70.3 Å². The Balaban J connectivity index is 1.23. The van der Waals surface area contributed by atoms with Crippen molar-refractivity contribution in [2.45, 2.75) is 76.7 Å². The zero-order valence-corrected chi connectivity index (χ0v) is 19.2. The van der Waals surface area contributed by atoms with Crippen molar-refractivity contribution in [2.75, 3.05) is 18.4 Å². The Morgan fingerprint density at radius 2 is 1.62 bits per heavy atom. The fraction of sp³-hybridized carbons (Fsp3) is 0.483. The molecule has 0 bridgehead atoms. The number of hydrogen-bond donors (Lipinski definition) is 1. The standard InChI is InChI=1S/C29H36N2O/c32-29(30-28-15-9-22(10-16-28)21-31-17-5-2-6-18-31)26-14-12-24-11-13-25(19-27(24)20-26)23-7-3-1-4-8-23/h9-11,13,15-16,19-20,23H,1-8,12,14,17-18,21H2,(H,30,32). The monoisotopic (exact) mass is 428 g/mol. The zero-order chi connectivity index (χ0) is 21.8. The number of nitrogens with one attached hydrogen (secondary N) is 1. The number of hydrogen-bond acceptors (Lipinski definition) is 2.